The SMILES string of the molecule is CC1(C)C(=O)C(C)(C)C12[S@](=O)C(c1ccccc1)(c1ccccc1)O[S@@]2=O. The van der Waals surface area contributed by atoms with E-state index in [1.807, 2.05) is 60.7 Å². The number of rotatable bonds is 2. The van der Waals surface area contributed by atoms with E-state index in [1.54, 1.807) is 27.7 Å². The van der Waals surface area contributed by atoms with Gasteiger partial charge in [0.2, 0.25) is 4.93 Å². The number of ketones is 1. The quantitative estimate of drug-likeness (QED) is 0.769. The fraction of sp³-hybridized carbons (Fsp3) is 0.381. The molecular formula is C21H22O4S2. The Morgan fingerprint density at radius 1 is 0.741 bits per heavy atom. The summed E-state index contributed by atoms with van der Waals surface area (Å²) in [6, 6.07) is 18.5. The molecular weight excluding hydrogens is 380 g/mol. The lowest BCUT2D eigenvalue weighted by atomic mass is 9.53. The summed E-state index contributed by atoms with van der Waals surface area (Å²) in [4.78, 5) is 11.4. The minimum atomic E-state index is -1.92. The van der Waals surface area contributed by atoms with Crippen LogP contribution in [0, 0.1) is 10.8 Å². The topological polar surface area (TPSA) is 60.4 Å². The van der Waals surface area contributed by atoms with Crippen molar-refractivity contribution < 1.29 is 17.4 Å². The molecule has 0 amide bonds. The molecule has 0 unspecified atom stereocenters. The molecule has 4 nitrogen and oxygen atoms in total. The van der Waals surface area contributed by atoms with Crippen LogP contribution in [0.4, 0.5) is 0 Å². The van der Waals surface area contributed by atoms with Crippen molar-refractivity contribution in [1.82, 2.24) is 0 Å². The van der Waals surface area contributed by atoms with Gasteiger partial charge in [-0.15, -0.1) is 0 Å². The Bertz CT molecular complexity index is 907. The number of hydrogen-bond acceptors (Lipinski definition) is 4. The van der Waals surface area contributed by atoms with Crippen molar-refractivity contribution in [2.45, 2.75) is 36.7 Å². The molecule has 1 saturated heterocycles. The molecule has 0 bridgehead atoms. The summed E-state index contributed by atoms with van der Waals surface area (Å²) >= 11 is -1.92. The van der Waals surface area contributed by atoms with E-state index in [2.05, 4.69) is 0 Å². The van der Waals surface area contributed by atoms with Crippen LogP contribution in [0.5, 0.6) is 0 Å². The first-order valence-electron chi connectivity index (χ1n) is 8.84. The van der Waals surface area contributed by atoms with E-state index in [-0.39, 0.29) is 5.78 Å². The second-order valence-electron chi connectivity index (χ2n) is 8.13. The highest BCUT2D eigenvalue weighted by atomic mass is 32.3. The van der Waals surface area contributed by atoms with E-state index in [9.17, 15) is 13.2 Å². The maximum atomic E-state index is 14.3. The third-order valence-corrected chi connectivity index (χ3v) is 11.5. The van der Waals surface area contributed by atoms with E-state index >= 15 is 0 Å². The number of benzene rings is 2. The Morgan fingerprint density at radius 3 is 1.56 bits per heavy atom. The predicted molar refractivity (Wildman–Crippen MR) is 106 cm³/mol. The van der Waals surface area contributed by atoms with E-state index in [1.165, 1.54) is 0 Å². The summed E-state index contributed by atoms with van der Waals surface area (Å²) in [5, 5.41) is 0. The molecule has 142 valence electrons. The summed E-state index contributed by atoms with van der Waals surface area (Å²) < 4.78 is 32.6. The van der Waals surface area contributed by atoms with Crippen LogP contribution in [0.15, 0.2) is 60.7 Å². The lowest BCUT2D eigenvalue weighted by Crippen LogP contribution is -2.76. The average molecular weight is 403 g/mol. The highest BCUT2D eigenvalue weighted by Gasteiger charge is 2.85. The molecule has 0 aromatic heterocycles. The van der Waals surface area contributed by atoms with Crippen molar-refractivity contribution in [2.75, 3.05) is 0 Å². The van der Waals surface area contributed by atoms with Crippen LogP contribution in [0.25, 0.3) is 0 Å². The molecule has 1 heterocycles. The number of carbonyl (C=O) groups excluding carboxylic acids is 1. The van der Waals surface area contributed by atoms with Gasteiger partial charge in [0.25, 0.3) is 0 Å². The van der Waals surface area contributed by atoms with Gasteiger partial charge >= 0.3 is 0 Å². The number of carbonyl (C=O) groups is 1. The molecule has 1 saturated carbocycles. The zero-order chi connectivity index (χ0) is 19.7. The van der Waals surface area contributed by atoms with Crippen molar-refractivity contribution in [2.24, 2.45) is 10.8 Å². The third-order valence-electron chi connectivity index (χ3n) is 6.04. The van der Waals surface area contributed by atoms with Gasteiger partial charge in [-0.25, -0.2) is 4.21 Å². The molecule has 1 aliphatic heterocycles. The highest BCUT2D eigenvalue weighted by Crippen LogP contribution is 2.70. The average Bonchev–Trinajstić information content (AvgIpc) is 2.92. The summed E-state index contributed by atoms with van der Waals surface area (Å²) in [6.07, 6.45) is 0. The Hall–Kier alpha value is -1.63. The van der Waals surface area contributed by atoms with Gasteiger partial charge in [-0.3, -0.25) is 13.2 Å². The summed E-state index contributed by atoms with van der Waals surface area (Å²) in [6.45, 7) is 6.91. The lowest BCUT2D eigenvalue weighted by Gasteiger charge is -2.60. The fourth-order valence-corrected chi connectivity index (χ4v) is 10.1. The molecule has 2 fully saturated rings. The second kappa shape index (κ2) is 5.69. The first-order valence-corrected chi connectivity index (χ1v) is 11.1. The van der Waals surface area contributed by atoms with E-state index < -0.39 is 41.7 Å². The van der Waals surface area contributed by atoms with Gasteiger partial charge in [-0.1, -0.05) is 88.4 Å². The summed E-state index contributed by atoms with van der Waals surface area (Å²) in [7, 11) is -1.77. The molecule has 0 N–H and O–H groups in total. The Balaban J connectivity index is 2.03. The molecule has 1 aliphatic carbocycles. The predicted octanol–water partition coefficient (Wildman–Crippen LogP) is 3.66. The molecule has 1 spiro atoms. The van der Waals surface area contributed by atoms with Crippen molar-refractivity contribution in [1.29, 1.82) is 0 Å². The fourth-order valence-electron chi connectivity index (χ4n) is 4.93. The molecule has 27 heavy (non-hydrogen) atoms. The molecule has 2 aromatic carbocycles. The van der Waals surface area contributed by atoms with Gasteiger partial charge in [0, 0.05) is 11.1 Å². The molecule has 6 heteroatoms. The van der Waals surface area contributed by atoms with Crippen molar-refractivity contribution in [3.05, 3.63) is 71.8 Å². The zero-order valence-corrected chi connectivity index (χ0v) is 17.4. The van der Waals surface area contributed by atoms with Gasteiger partial charge in [0.1, 0.15) is 5.78 Å². The summed E-state index contributed by atoms with van der Waals surface area (Å²) in [5.74, 6) is -0.0442. The largest absolute Gasteiger partial charge is 0.298 e. The van der Waals surface area contributed by atoms with E-state index in [0.717, 1.165) is 0 Å². The van der Waals surface area contributed by atoms with Crippen LogP contribution in [0.1, 0.15) is 38.8 Å². The Morgan fingerprint density at radius 2 is 1.15 bits per heavy atom. The molecule has 2 aliphatic rings. The zero-order valence-electron chi connectivity index (χ0n) is 15.7. The van der Waals surface area contributed by atoms with Gasteiger partial charge < -0.3 is 0 Å². The maximum absolute atomic E-state index is 14.3. The monoisotopic (exact) mass is 402 g/mol. The van der Waals surface area contributed by atoms with Crippen LogP contribution in [-0.2, 0) is 35.8 Å². The first kappa shape index (κ1) is 18.7. The normalized spacial score (nSPS) is 29.4. The van der Waals surface area contributed by atoms with Crippen LogP contribution >= 0.6 is 0 Å². The molecule has 4 rings (SSSR count). The number of hydrogen-bond donors (Lipinski definition) is 0. The minimum Gasteiger partial charge on any atom is -0.298 e. The summed E-state index contributed by atoms with van der Waals surface area (Å²) in [5.41, 5.74) is -0.689. The van der Waals surface area contributed by atoms with E-state index in [0.29, 0.717) is 11.1 Å². The molecule has 2 aromatic rings. The van der Waals surface area contributed by atoms with Crippen molar-refractivity contribution in [3.8, 4) is 0 Å². The highest BCUT2D eigenvalue weighted by molar-refractivity contribution is 8.05. The van der Waals surface area contributed by atoms with Gasteiger partial charge in [0.05, 0.1) is 21.6 Å². The maximum Gasteiger partial charge on any atom is 0.211 e. The third kappa shape index (κ3) is 1.94. The van der Waals surface area contributed by atoms with Crippen LogP contribution in [0.3, 0.4) is 0 Å². The second-order valence-corrected chi connectivity index (χ2v) is 11.4. The molecule has 2 atom stereocenters. The standard InChI is InChI=1S/C21H22O4S2/c1-18(2)17(22)19(3,4)21(18)26(23)20(25-27(21)24,15-11-7-5-8-12-15)16-13-9-6-10-14-16/h5-14H,1-4H3/t26-,27+/m1/s1. The Labute approximate surface area is 164 Å². The first-order chi connectivity index (χ1) is 12.6. The smallest absolute Gasteiger partial charge is 0.211 e. The lowest BCUT2D eigenvalue weighted by molar-refractivity contribution is -0.153. The molecule has 0 radical (unpaired) electrons. The van der Waals surface area contributed by atoms with Crippen LogP contribution in [0.2, 0.25) is 0 Å². The van der Waals surface area contributed by atoms with Crippen LogP contribution in [-0.4, -0.2) is 18.3 Å². The van der Waals surface area contributed by atoms with Crippen LogP contribution < -0.4 is 0 Å². The van der Waals surface area contributed by atoms with Gasteiger partial charge in [-0.2, -0.15) is 0 Å². The Kier molecular flexibility index (Phi) is 3.94. The van der Waals surface area contributed by atoms with Crippen molar-refractivity contribution >= 4 is 27.7 Å². The van der Waals surface area contributed by atoms with E-state index in [4.69, 9.17) is 4.18 Å². The van der Waals surface area contributed by atoms with Gasteiger partial charge in [0.15, 0.2) is 15.2 Å². The van der Waals surface area contributed by atoms with Gasteiger partial charge in [-0.05, 0) is 0 Å². The minimum absolute atomic E-state index is 0.0442. The number of Topliss-reactive ketones (excluding diaryl/α,β-unsaturated/α-hetero) is 1. The van der Waals surface area contributed by atoms with Crippen molar-refractivity contribution in [3.63, 3.8) is 0 Å².